The summed E-state index contributed by atoms with van der Waals surface area (Å²) in [5.41, 5.74) is 3.54. The number of rotatable bonds is 4. The monoisotopic (exact) mass is 437 g/mol. The van der Waals surface area contributed by atoms with Crippen molar-refractivity contribution in [3.05, 3.63) is 70.8 Å². The Hall–Kier alpha value is -2.83. The molecule has 1 atom stereocenters. The van der Waals surface area contributed by atoms with Crippen LogP contribution in [0.4, 0.5) is 4.39 Å². The zero-order chi connectivity index (χ0) is 21.5. The lowest BCUT2D eigenvalue weighted by Gasteiger charge is -2.32. The van der Waals surface area contributed by atoms with Crippen LogP contribution in [0, 0.1) is 11.7 Å². The molecule has 0 saturated carbocycles. The Kier molecular flexibility index (Phi) is 5.20. The van der Waals surface area contributed by atoms with Crippen LogP contribution in [0.25, 0.3) is 22.1 Å². The molecule has 158 valence electrons. The number of aromatic nitrogens is 3. The molecule has 1 aliphatic heterocycles. The number of pyridine rings is 2. The molecule has 1 aliphatic rings. The lowest BCUT2D eigenvalue weighted by Crippen LogP contribution is -2.27. The minimum absolute atomic E-state index is 0.0781. The topological polar surface area (TPSA) is 57.0 Å². The van der Waals surface area contributed by atoms with E-state index in [2.05, 4.69) is 26.7 Å². The first-order valence-electron chi connectivity index (χ1n) is 10.3. The second kappa shape index (κ2) is 8.02. The molecule has 31 heavy (non-hydrogen) atoms. The average molecular weight is 438 g/mol. The first-order valence-corrected chi connectivity index (χ1v) is 10.7. The van der Waals surface area contributed by atoms with E-state index in [1.54, 1.807) is 0 Å². The molecule has 1 fully saturated rings. The highest BCUT2D eigenvalue weighted by Gasteiger charge is 2.31. The second-order valence-electron chi connectivity index (χ2n) is 7.96. The summed E-state index contributed by atoms with van der Waals surface area (Å²) < 4.78 is 22.1. The van der Waals surface area contributed by atoms with Gasteiger partial charge >= 0.3 is 0 Å². The highest BCUT2D eigenvalue weighted by Crippen LogP contribution is 2.40. The van der Waals surface area contributed by atoms with E-state index in [1.165, 1.54) is 19.2 Å². The summed E-state index contributed by atoms with van der Waals surface area (Å²) in [4.78, 5) is 21.1. The molecule has 1 aromatic carbocycles. The fourth-order valence-electron chi connectivity index (χ4n) is 4.56. The molecule has 0 bridgehead atoms. The summed E-state index contributed by atoms with van der Waals surface area (Å²) >= 11 is 6.11. The van der Waals surface area contributed by atoms with Crippen LogP contribution in [0.2, 0.25) is 5.15 Å². The van der Waals surface area contributed by atoms with E-state index in [-0.39, 0.29) is 22.9 Å². The first kappa shape index (κ1) is 20.1. The molecule has 4 heterocycles. The molecule has 5 nitrogen and oxygen atoms in total. The lowest BCUT2D eigenvalue weighted by atomic mass is 9.86. The van der Waals surface area contributed by atoms with Gasteiger partial charge in [0, 0.05) is 30.4 Å². The van der Waals surface area contributed by atoms with Crippen LogP contribution in [0.3, 0.4) is 0 Å². The van der Waals surface area contributed by atoms with Crippen LogP contribution < -0.4 is 0 Å². The zero-order valence-corrected chi connectivity index (χ0v) is 17.8. The Morgan fingerprint density at radius 2 is 1.97 bits per heavy atom. The maximum absolute atomic E-state index is 14.4. The Morgan fingerprint density at radius 3 is 2.68 bits per heavy atom. The van der Waals surface area contributed by atoms with Crippen molar-refractivity contribution < 1.29 is 13.9 Å². The molecule has 0 N–H and O–H groups in total. The third-order valence-electron chi connectivity index (χ3n) is 6.06. The van der Waals surface area contributed by atoms with Gasteiger partial charge in [-0.15, -0.1) is 0 Å². The molecular weight excluding hydrogens is 417 g/mol. The SMILES string of the molecule is CC(=O)c1cnc2c3cc(F)c(Cl)nc3n([C@H](c3ccccc3)C3CCOCC3)c2c1. The standard InChI is InChI=1S/C24H21ClFN3O2/c1-14(30)17-11-20-21(27-13-17)18-12-19(26)23(25)28-24(18)29(20)22(15-5-3-2-4-6-15)16-7-9-31-10-8-16/h2-6,11-13,16,22H,7-10H2,1H3/t22-/m1/s1. The van der Waals surface area contributed by atoms with Crippen LogP contribution in [0.1, 0.15) is 41.7 Å². The van der Waals surface area contributed by atoms with E-state index in [9.17, 15) is 9.18 Å². The fraction of sp³-hybridized carbons (Fsp3) is 0.292. The molecule has 5 rings (SSSR count). The molecule has 0 unspecified atom stereocenters. The van der Waals surface area contributed by atoms with E-state index < -0.39 is 5.82 Å². The van der Waals surface area contributed by atoms with E-state index in [0.29, 0.717) is 35.3 Å². The highest BCUT2D eigenvalue weighted by molar-refractivity contribution is 6.30. The summed E-state index contributed by atoms with van der Waals surface area (Å²) in [5, 5.41) is 0.405. The molecule has 1 saturated heterocycles. The number of hydrogen-bond donors (Lipinski definition) is 0. The molecular formula is C24H21ClFN3O2. The summed E-state index contributed by atoms with van der Waals surface area (Å²) in [5.74, 6) is -0.389. The van der Waals surface area contributed by atoms with Crippen LogP contribution in [-0.2, 0) is 4.74 Å². The van der Waals surface area contributed by atoms with Gasteiger partial charge in [-0.3, -0.25) is 9.78 Å². The summed E-state index contributed by atoms with van der Waals surface area (Å²) in [6, 6.07) is 13.3. The average Bonchev–Trinajstić information content (AvgIpc) is 3.08. The smallest absolute Gasteiger partial charge is 0.167 e. The zero-order valence-electron chi connectivity index (χ0n) is 17.0. The molecule has 7 heteroatoms. The van der Waals surface area contributed by atoms with Gasteiger partial charge in [0.1, 0.15) is 5.65 Å². The van der Waals surface area contributed by atoms with Crippen LogP contribution in [0.15, 0.2) is 48.7 Å². The largest absolute Gasteiger partial charge is 0.381 e. The van der Waals surface area contributed by atoms with Crippen LogP contribution in [0.5, 0.6) is 0 Å². The molecule has 0 amide bonds. The van der Waals surface area contributed by atoms with Gasteiger partial charge in [0.15, 0.2) is 16.8 Å². The predicted molar refractivity (Wildman–Crippen MR) is 118 cm³/mol. The number of ketones is 1. The number of Topliss-reactive ketones (excluding diaryl/α,β-unsaturated/α-hetero) is 1. The second-order valence-corrected chi connectivity index (χ2v) is 8.31. The van der Waals surface area contributed by atoms with Crippen molar-refractivity contribution in [1.29, 1.82) is 0 Å². The van der Waals surface area contributed by atoms with E-state index in [1.807, 2.05) is 24.3 Å². The van der Waals surface area contributed by atoms with Gasteiger partial charge < -0.3 is 9.30 Å². The third-order valence-corrected chi connectivity index (χ3v) is 6.33. The first-order chi connectivity index (χ1) is 15.0. The lowest BCUT2D eigenvalue weighted by molar-refractivity contribution is 0.0552. The minimum atomic E-state index is -0.590. The van der Waals surface area contributed by atoms with Crippen molar-refractivity contribution in [1.82, 2.24) is 14.5 Å². The number of benzene rings is 1. The molecule has 3 aromatic heterocycles. The maximum atomic E-state index is 14.4. The van der Waals surface area contributed by atoms with Crippen molar-refractivity contribution >= 4 is 39.5 Å². The Bertz CT molecular complexity index is 1280. The van der Waals surface area contributed by atoms with Gasteiger partial charge in [0.25, 0.3) is 0 Å². The van der Waals surface area contributed by atoms with Gasteiger partial charge in [-0.05, 0) is 43.4 Å². The maximum Gasteiger partial charge on any atom is 0.167 e. The molecule has 0 aliphatic carbocycles. The van der Waals surface area contributed by atoms with Crippen molar-refractivity contribution in [2.45, 2.75) is 25.8 Å². The number of nitrogens with zero attached hydrogens (tertiary/aromatic N) is 3. The third kappa shape index (κ3) is 3.50. The Morgan fingerprint density at radius 1 is 1.23 bits per heavy atom. The summed E-state index contributed by atoms with van der Waals surface area (Å²) in [7, 11) is 0. The number of hydrogen-bond acceptors (Lipinski definition) is 4. The van der Waals surface area contributed by atoms with Gasteiger partial charge in [-0.2, -0.15) is 0 Å². The predicted octanol–water partition coefficient (Wildman–Crippen LogP) is 5.60. The van der Waals surface area contributed by atoms with E-state index in [0.717, 1.165) is 23.9 Å². The number of carbonyl (C=O) groups excluding carboxylic acids is 1. The molecule has 4 aromatic rings. The Labute approximate surface area is 183 Å². The number of halogens is 2. The summed E-state index contributed by atoms with van der Waals surface area (Å²) in [6.45, 7) is 2.88. The minimum Gasteiger partial charge on any atom is -0.381 e. The molecule has 0 spiro atoms. The van der Waals surface area contributed by atoms with Crippen molar-refractivity contribution in [2.75, 3.05) is 13.2 Å². The van der Waals surface area contributed by atoms with Crippen LogP contribution in [-0.4, -0.2) is 33.5 Å². The quantitative estimate of drug-likeness (QED) is 0.308. The number of ether oxygens (including phenoxy) is 1. The summed E-state index contributed by atoms with van der Waals surface area (Å²) in [6.07, 6.45) is 3.30. The van der Waals surface area contributed by atoms with E-state index >= 15 is 0 Å². The fourth-order valence-corrected chi connectivity index (χ4v) is 4.70. The van der Waals surface area contributed by atoms with Crippen molar-refractivity contribution in [3.8, 4) is 0 Å². The van der Waals surface area contributed by atoms with E-state index in [4.69, 9.17) is 16.3 Å². The number of carbonyl (C=O) groups is 1. The van der Waals surface area contributed by atoms with Gasteiger partial charge in [0.2, 0.25) is 0 Å². The van der Waals surface area contributed by atoms with Crippen molar-refractivity contribution in [2.24, 2.45) is 5.92 Å². The van der Waals surface area contributed by atoms with Gasteiger partial charge in [-0.25, -0.2) is 9.37 Å². The molecule has 0 radical (unpaired) electrons. The van der Waals surface area contributed by atoms with Crippen LogP contribution >= 0.6 is 11.6 Å². The normalized spacial score (nSPS) is 16.1. The highest BCUT2D eigenvalue weighted by atomic mass is 35.5. The van der Waals surface area contributed by atoms with Gasteiger partial charge in [-0.1, -0.05) is 41.9 Å². The van der Waals surface area contributed by atoms with Crippen molar-refractivity contribution in [3.63, 3.8) is 0 Å². The Balaban J connectivity index is 1.87. The number of fused-ring (bicyclic) bond motifs is 3. The van der Waals surface area contributed by atoms with Gasteiger partial charge in [0.05, 0.1) is 17.1 Å².